The van der Waals surface area contributed by atoms with Gasteiger partial charge in [0.1, 0.15) is 0 Å². The van der Waals surface area contributed by atoms with Crippen molar-refractivity contribution in [3.05, 3.63) is 34.4 Å². The summed E-state index contributed by atoms with van der Waals surface area (Å²) >= 11 is 3.53. The SMILES string of the molecule is CNCC(C)(C)c1cn(C)c2cc(Br)ccc12. The number of aryl methyl sites for hydroxylation is 1. The zero-order valence-electron chi connectivity index (χ0n) is 10.8. The summed E-state index contributed by atoms with van der Waals surface area (Å²) in [7, 11) is 4.11. The first kappa shape index (κ1) is 12.7. The molecule has 92 valence electrons. The van der Waals surface area contributed by atoms with Gasteiger partial charge in [-0.05, 0) is 24.7 Å². The molecule has 0 unspecified atom stereocenters. The molecule has 0 fully saturated rings. The van der Waals surface area contributed by atoms with Crippen molar-refractivity contribution in [1.29, 1.82) is 0 Å². The number of halogens is 1. The quantitative estimate of drug-likeness (QED) is 0.918. The average Bonchev–Trinajstić information content (AvgIpc) is 2.57. The topological polar surface area (TPSA) is 17.0 Å². The summed E-state index contributed by atoms with van der Waals surface area (Å²) in [5.74, 6) is 0. The van der Waals surface area contributed by atoms with Crippen LogP contribution in [0.15, 0.2) is 28.9 Å². The largest absolute Gasteiger partial charge is 0.350 e. The molecule has 0 saturated carbocycles. The molecule has 0 aliphatic rings. The Bertz CT molecular complexity index is 540. The molecular formula is C14H19BrN2. The van der Waals surface area contributed by atoms with Crippen molar-refractivity contribution >= 4 is 26.8 Å². The van der Waals surface area contributed by atoms with Crippen LogP contribution in [0.5, 0.6) is 0 Å². The number of nitrogens with zero attached hydrogens (tertiary/aromatic N) is 1. The standard InChI is InChI=1S/C14H19BrN2/c1-14(2,9-16-3)12-8-17(4)13-7-10(15)5-6-11(12)13/h5-8,16H,9H2,1-4H3. The van der Waals surface area contributed by atoms with Crippen LogP contribution in [0.1, 0.15) is 19.4 Å². The monoisotopic (exact) mass is 294 g/mol. The highest BCUT2D eigenvalue weighted by Crippen LogP contribution is 2.32. The van der Waals surface area contributed by atoms with E-state index in [0.29, 0.717) is 0 Å². The molecule has 0 aliphatic heterocycles. The first-order valence-electron chi connectivity index (χ1n) is 5.85. The lowest BCUT2D eigenvalue weighted by atomic mass is 9.84. The summed E-state index contributed by atoms with van der Waals surface area (Å²) in [5.41, 5.74) is 2.82. The summed E-state index contributed by atoms with van der Waals surface area (Å²) in [6.07, 6.45) is 2.24. The number of benzene rings is 1. The molecule has 1 heterocycles. The fourth-order valence-corrected chi connectivity index (χ4v) is 2.78. The molecule has 0 atom stereocenters. The Hall–Kier alpha value is -0.800. The third kappa shape index (κ3) is 2.26. The smallest absolute Gasteiger partial charge is 0.0492 e. The van der Waals surface area contributed by atoms with E-state index in [9.17, 15) is 0 Å². The zero-order chi connectivity index (χ0) is 12.6. The minimum atomic E-state index is 0.141. The molecule has 2 aromatic rings. The number of likely N-dealkylation sites (N-methyl/N-ethyl adjacent to an activating group) is 1. The highest BCUT2D eigenvalue weighted by atomic mass is 79.9. The summed E-state index contributed by atoms with van der Waals surface area (Å²) in [6, 6.07) is 6.49. The van der Waals surface area contributed by atoms with Crippen molar-refractivity contribution in [2.45, 2.75) is 19.3 Å². The van der Waals surface area contributed by atoms with Crippen LogP contribution in [0.3, 0.4) is 0 Å². The van der Waals surface area contributed by atoms with E-state index in [2.05, 4.69) is 71.1 Å². The lowest BCUT2D eigenvalue weighted by molar-refractivity contribution is 0.496. The number of hydrogen-bond donors (Lipinski definition) is 1. The second-order valence-corrected chi connectivity index (χ2v) is 6.15. The molecule has 1 aromatic heterocycles. The second-order valence-electron chi connectivity index (χ2n) is 5.23. The Balaban J connectivity index is 2.63. The Morgan fingerprint density at radius 2 is 2.06 bits per heavy atom. The van der Waals surface area contributed by atoms with Crippen LogP contribution >= 0.6 is 15.9 Å². The van der Waals surface area contributed by atoms with Crippen molar-refractivity contribution in [3.8, 4) is 0 Å². The molecule has 0 bridgehead atoms. The number of rotatable bonds is 3. The van der Waals surface area contributed by atoms with Gasteiger partial charge in [-0.3, -0.25) is 0 Å². The van der Waals surface area contributed by atoms with E-state index in [4.69, 9.17) is 0 Å². The highest BCUT2D eigenvalue weighted by molar-refractivity contribution is 9.10. The lowest BCUT2D eigenvalue weighted by Crippen LogP contribution is -2.30. The molecule has 1 N–H and O–H groups in total. The molecular weight excluding hydrogens is 276 g/mol. The molecule has 1 aromatic carbocycles. The van der Waals surface area contributed by atoms with Crippen LogP contribution in [0.25, 0.3) is 10.9 Å². The van der Waals surface area contributed by atoms with E-state index in [-0.39, 0.29) is 5.41 Å². The molecule has 2 rings (SSSR count). The Morgan fingerprint density at radius 1 is 1.35 bits per heavy atom. The Morgan fingerprint density at radius 3 is 2.71 bits per heavy atom. The molecule has 0 radical (unpaired) electrons. The van der Waals surface area contributed by atoms with E-state index in [1.807, 2.05) is 7.05 Å². The van der Waals surface area contributed by atoms with Crippen LogP contribution < -0.4 is 5.32 Å². The number of hydrogen-bond acceptors (Lipinski definition) is 1. The molecule has 0 spiro atoms. The van der Waals surface area contributed by atoms with Crippen LogP contribution in [0, 0.1) is 0 Å². The fourth-order valence-electron chi connectivity index (χ4n) is 2.43. The van der Waals surface area contributed by atoms with Crippen LogP contribution in [0.4, 0.5) is 0 Å². The van der Waals surface area contributed by atoms with Gasteiger partial charge in [0.2, 0.25) is 0 Å². The molecule has 17 heavy (non-hydrogen) atoms. The number of fused-ring (bicyclic) bond motifs is 1. The van der Waals surface area contributed by atoms with Crippen molar-refractivity contribution < 1.29 is 0 Å². The summed E-state index contributed by atoms with van der Waals surface area (Å²) in [5, 5.41) is 4.62. The van der Waals surface area contributed by atoms with Gasteiger partial charge in [0.25, 0.3) is 0 Å². The van der Waals surface area contributed by atoms with Gasteiger partial charge in [0, 0.05) is 40.6 Å². The van der Waals surface area contributed by atoms with Gasteiger partial charge in [-0.15, -0.1) is 0 Å². The number of aromatic nitrogens is 1. The van der Waals surface area contributed by atoms with Crippen molar-refractivity contribution in [1.82, 2.24) is 9.88 Å². The van der Waals surface area contributed by atoms with Crippen molar-refractivity contribution in [2.75, 3.05) is 13.6 Å². The number of nitrogens with one attached hydrogen (secondary N) is 1. The van der Waals surface area contributed by atoms with Gasteiger partial charge in [-0.2, -0.15) is 0 Å². The van der Waals surface area contributed by atoms with E-state index < -0.39 is 0 Å². The van der Waals surface area contributed by atoms with E-state index in [1.54, 1.807) is 0 Å². The maximum absolute atomic E-state index is 3.53. The first-order valence-corrected chi connectivity index (χ1v) is 6.64. The van der Waals surface area contributed by atoms with Crippen LogP contribution in [0.2, 0.25) is 0 Å². The van der Waals surface area contributed by atoms with E-state index >= 15 is 0 Å². The summed E-state index contributed by atoms with van der Waals surface area (Å²) in [6.45, 7) is 5.53. The molecule has 0 amide bonds. The first-order chi connectivity index (χ1) is 7.95. The zero-order valence-corrected chi connectivity index (χ0v) is 12.4. The van der Waals surface area contributed by atoms with Gasteiger partial charge in [-0.25, -0.2) is 0 Å². The highest BCUT2D eigenvalue weighted by Gasteiger charge is 2.23. The van der Waals surface area contributed by atoms with E-state index in [1.165, 1.54) is 16.5 Å². The summed E-state index contributed by atoms with van der Waals surface area (Å²) < 4.78 is 3.33. The maximum atomic E-state index is 3.53. The lowest BCUT2D eigenvalue weighted by Gasteiger charge is -2.24. The normalized spacial score (nSPS) is 12.3. The van der Waals surface area contributed by atoms with Gasteiger partial charge < -0.3 is 9.88 Å². The Labute approximate surface area is 111 Å². The van der Waals surface area contributed by atoms with Crippen molar-refractivity contribution in [2.24, 2.45) is 7.05 Å². The van der Waals surface area contributed by atoms with Gasteiger partial charge >= 0.3 is 0 Å². The summed E-state index contributed by atoms with van der Waals surface area (Å²) in [4.78, 5) is 0. The van der Waals surface area contributed by atoms with Crippen LogP contribution in [-0.2, 0) is 12.5 Å². The van der Waals surface area contributed by atoms with Gasteiger partial charge in [0.05, 0.1) is 0 Å². The molecule has 2 nitrogen and oxygen atoms in total. The fraction of sp³-hybridized carbons (Fsp3) is 0.429. The molecule has 0 aliphatic carbocycles. The predicted octanol–water partition coefficient (Wildman–Crippen LogP) is 3.44. The predicted molar refractivity (Wildman–Crippen MR) is 77.6 cm³/mol. The third-order valence-electron chi connectivity index (χ3n) is 3.30. The van der Waals surface area contributed by atoms with Crippen LogP contribution in [-0.4, -0.2) is 18.2 Å². The second kappa shape index (κ2) is 4.46. The van der Waals surface area contributed by atoms with Gasteiger partial charge in [-0.1, -0.05) is 35.8 Å². The Kier molecular flexibility index (Phi) is 3.32. The van der Waals surface area contributed by atoms with Crippen molar-refractivity contribution in [3.63, 3.8) is 0 Å². The molecule has 0 saturated heterocycles. The van der Waals surface area contributed by atoms with E-state index in [0.717, 1.165) is 11.0 Å². The molecule has 3 heteroatoms. The third-order valence-corrected chi connectivity index (χ3v) is 3.79. The maximum Gasteiger partial charge on any atom is 0.0492 e. The minimum Gasteiger partial charge on any atom is -0.350 e. The minimum absolute atomic E-state index is 0.141. The average molecular weight is 295 g/mol. The van der Waals surface area contributed by atoms with Gasteiger partial charge in [0.15, 0.2) is 0 Å².